The minimum atomic E-state index is 0.603. The predicted octanol–water partition coefficient (Wildman–Crippen LogP) is 3.10. The molecule has 0 aliphatic heterocycles. The molecule has 1 aromatic rings. The number of hydrogen-bond acceptors (Lipinski definition) is 3. The average molecular weight is 311 g/mol. The molecule has 2 nitrogen and oxygen atoms in total. The number of nitrogen functional groups attached to an aromatic ring is 1. The van der Waals surface area contributed by atoms with E-state index in [1.54, 1.807) is 12.1 Å². The molecular weight excluding hydrogens is 307 g/mol. The molecule has 0 atom stereocenters. The molecule has 0 aromatic heterocycles. The second kappa shape index (κ2) is 4.21. The molecule has 5 heteroatoms. The minimum absolute atomic E-state index is 0.603. The Morgan fingerprint density at radius 3 is 2.83 bits per heavy atom. The van der Waals surface area contributed by atoms with Crippen LogP contribution in [0.15, 0.2) is 17.0 Å². The number of halogens is 2. The molecule has 0 aliphatic carbocycles. The van der Waals surface area contributed by atoms with Crippen molar-refractivity contribution in [2.24, 2.45) is 0 Å². The van der Waals surface area contributed by atoms with Gasteiger partial charge in [0.1, 0.15) is 5.40 Å². The summed E-state index contributed by atoms with van der Waals surface area (Å²) in [6, 6.07) is 3.45. The zero-order chi connectivity index (χ0) is 9.14. The summed E-state index contributed by atoms with van der Waals surface area (Å²) in [6.45, 7) is 0. The van der Waals surface area contributed by atoms with Crippen LogP contribution in [0.4, 0.5) is 5.69 Å². The largest absolute Gasteiger partial charge is 0.397 e. The van der Waals surface area contributed by atoms with E-state index in [1.807, 2.05) is 5.40 Å². The Kier molecular flexibility index (Phi) is 3.50. The van der Waals surface area contributed by atoms with Crippen molar-refractivity contribution in [3.63, 3.8) is 0 Å². The van der Waals surface area contributed by atoms with E-state index < -0.39 is 0 Å². The third kappa shape index (κ3) is 2.19. The van der Waals surface area contributed by atoms with Crippen molar-refractivity contribution in [1.82, 2.24) is 0 Å². The zero-order valence-corrected chi connectivity index (χ0v) is 9.57. The zero-order valence-electron chi connectivity index (χ0n) is 5.84. The highest BCUT2D eigenvalue weighted by atomic mass is 127. The molecule has 12 heavy (non-hydrogen) atoms. The average Bonchev–Trinajstić information content (AvgIpc) is 2.00. The number of hydrogen-bond donors (Lipinski definition) is 1. The molecule has 62 valence electrons. The molecule has 0 radical (unpaired) electrons. The maximum atomic E-state index is 8.44. The van der Waals surface area contributed by atoms with Gasteiger partial charge < -0.3 is 5.73 Å². The predicted molar refractivity (Wildman–Crippen MR) is 60.1 cm³/mol. The van der Waals surface area contributed by atoms with E-state index in [9.17, 15) is 0 Å². The molecule has 0 saturated heterocycles. The molecule has 0 heterocycles. The van der Waals surface area contributed by atoms with E-state index in [1.165, 1.54) is 0 Å². The van der Waals surface area contributed by atoms with Crippen LogP contribution in [0, 0.1) is 14.2 Å². The lowest BCUT2D eigenvalue weighted by Gasteiger charge is -2.03. The number of anilines is 1. The maximum absolute atomic E-state index is 8.44. The Labute approximate surface area is 93.2 Å². The fourth-order valence-corrected chi connectivity index (χ4v) is 2.47. The monoisotopic (exact) mass is 310 g/mol. The summed E-state index contributed by atoms with van der Waals surface area (Å²) in [4.78, 5) is 0.717. The van der Waals surface area contributed by atoms with Gasteiger partial charge in [0.05, 0.1) is 5.69 Å². The van der Waals surface area contributed by atoms with Gasteiger partial charge in [0, 0.05) is 13.5 Å². The summed E-state index contributed by atoms with van der Waals surface area (Å²) in [5.74, 6) is 0. The minimum Gasteiger partial charge on any atom is -0.397 e. The first-order valence-corrected chi connectivity index (χ1v) is 5.23. The van der Waals surface area contributed by atoms with Crippen LogP contribution >= 0.6 is 46.0 Å². The lowest BCUT2D eigenvalue weighted by molar-refractivity contribution is 1.44. The topological polar surface area (TPSA) is 49.8 Å². The summed E-state index contributed by atoms with van der Waals surface area (Å²) in [7, 11) is 0. The lowest BCUT2D eigenvalue weighted by atomic mass is 10.3. The van der Waals surface area contributed by atoms with Gasteiger partial charge in [-0.05, 0) is 46.5 Å². The first kappa shape index (κ1) is 9.96. The van der Waals surface area contributed by atoms with Crippen molar-refractivity contribution in [3.8, 4) is 5.40 Å². The van der Waals surface area contributed by atoms with Gasteiger partial charge in [0.25, 0.3) is 0 Å². The highest BCUT2D eigenvalue weighted by Gasteiger charge is 2.05. The third-order valence-electron chi connectivity index (χ3n) is 1.21. The van der Waals surface area contributed by atoms with Gasteiger partial charge in [-0.15, -0.1) is 0 Å². The Balaban J connectivity index is 3.20. The van der Waals surface area contributed by atoms with Gasteiger partial charge in [-0.3, -0.25) is 0 Å². The highest BCUT2D eigenvalue weighted by Crippen LogP contribution is 2.31. The number of nitrogens with zero attached hydrogens (tertiary/aromatic N) is 1. The second-order valence-electron chi connectivity index (χ2n) is 1.99. The normalized spacial score (nSPS) is 9.42. The summed E-state index contributed by atoms with van der Waals surface area (Å²) in [6.07, 6.45) is 0. The van der Waals surface area contributed by atoms with Gasteiger partial charge in [0.2, 0.25) is 0 Å². The summed E-state index contributed by atoms with van der Waals surface area (Å²) in [5.41, 5.74) is 6.32. The molecule has 0 spiro atoms. The number of nitrogens with two attached hydrogens (primary N) is 1. The second-order valence-corrected chi connectivity index (χ2v) is 4.42. The molecule has 0 aliphatic rings. The van der Waals surface area contributed by atoms with Crippen LogP contribution in [0.25, 0.3) is 0 Å². The summed E-state index contributed by atoms with van der Waals surface area (Å²) >= 11 is 8.88. The van der Waals surface area contributed by atoms with Crippen LogP contribution in [0.5, 0.6) is 0 Å². The van der Waals surface area contributed by atoms with Gasteiger partial charge in [-0.1, -0.05) is 11.6 Å². The number of thiocyanates is 1. The fraction of sp³-hybridized carbons (Fsp3) is 0. The van der Waals surface area contributed by atoms with Crippen LogP contribution in [-0.2, 0) is 0 Å². The Morgan fingerprint density at radius 1 is 1.58 bits per heavy atom. The maximum Gasteiger partial charge on any atom is 0.138 e. The van der Waals surface area contributed by atoms with Crippen molar-refractivity contribution in [1.29, 1.82) is 5.26 Å². The first-order chi connectivity index (χ1) is 5.65. The van der Waals surface area contributed by atoms with E-state index >= 15 is 0 Å². The molecular formula is C7H4ClIN2S. The van der Waals surface area contributed by atoms with Crippen molar-refractivity contribution in [2.45, 2.75) is 4.90 Å². The number of benzene rings is 1. The first-order valence-electron chi connectivity index (χ1n) is 2.95. The highest BCUT2D eigenvalue weighted by molar-refractivity contribution is 14.1. The van der Waals surface area contributed by atoms with E-state index in [2.05, 4.69) is 22.6 Å². The lowest BCUT2D eigenvalue weighted by Crippen LogP contribution is -1.91. The van der Waals surface area contributed by atoms with Crippen molar-refractivity contribution in [2.75, 3.05) is 5.73 Å². The number of nitriles is 1. The molecule has 0 unspecified atom stereocenters. The Bertz CT molecular complexity index is 348. The van der Waals surface area contributed by atoms with Crippen LogP contribution in [0.1, 0.15) is 0 Å². The van der Waals surface area contributed by atoms with Crippen molar-refractivity contribution < 1.29 is 0 Å². The SMILES string of the molecule is N#CSc1cc(Cl)cc(I)c1N. The van der Waals surface area contributed by atoms with Crippen LogP contribution in [0.2, 0.25) is 5.02 Å². The smallest absolute Gasteiger partial charge is 0.138 e. The molecule has 2 N–H and O–H groups in total. The molecule has 0 amide bonds. The molecule has 1 rings (SSSR count). The molecule has 0 fully saturated rings. The van der Waals surface area contributed by atoms with E-state index in [0.29, 0.717) is 10.7 Å². The quantitative estimate of drug-likeness (QED) is 0.375. The third-order valence-corrected chi connectivity index (χ3v) is 2.97. The van der Waals surface area contributed by atoms with Crippen LogP contribution < -0.4 is 5.73 Å². The molecule has 1 aromatic carbocycles. The Hall–Kier alpha value is -0.120. The van der Waals surface area contributed by atoms with Gasteiger partial charge in [-0.2, -0.15) is 5.26 Å². The molecule has 0 saturated carbocycles. The summed E-state index contributed by atoms with van der Waals surface area (Å²) in [5, 5.41) is 11.0. The summed E-state index contributed by atoms with van der Waals surface area (Å²) < 4.78 is 0.873. The standard InChI is InChI=1S/C7H4ClIN2S/c8-4-1-5(9)7(11)6(2-4)12-3-10/h1-2H,11H2. The fourth-order valence-electron chi connectivity index (χ4n) is 0.695. The number of rotatable bonds is 1. The van der Waals surface area contributed by atoms with Gasteiger partial charge >= 0.3 is 0 Å². The van der Waals surface area contributed by atoms with E-state index in [4.69, 9.17) is 22.6 Å². The van der Waals surface area contributed by atoms with Gasteiger partial charge in [0.15, 0.2) is 0 Å². The van der Waals surface area contributed by atoms with Crippen molar-refractivity contribution in [3.05, 3.63) is 20.7 Å². The van der Waals surface area contributed by atoms with E-state index in [-0.39, 0.29) is 0 Å². The van der Waals surface area contributed by atoms with Gasteiger partial charge in [-0.25, -0.2) is 0 Å². The van der Waals surface area contributed by atoms with E-state index in [0.717, 1.165) is 20.2 Å². The molecule has 0 bridgehead atoms. The van der Waals surface area contributed by atoms with Crippen molar-refractivity contribution >= 4 is 51.6 Å². The van der Waals surface area contributed by atoms with Crippen LogP contribution in [-0.4, -0.2) is 0 Å². The van der Waals surface area contributed by atoms with Crippen LogP contribution in [0.3, 0.4) is 0 Å². The number of thioether (sulfide) groups is 1. The Morgan fingerprint density at radius 2 is 2.25 bits per heavy atom.